The summed E-state index contributed by atoms with van der Waals surface area (Å²) in [6, 6.07) is 7.28. The Kier molecular flexibility index (Phi) is 4.52. The van der Waals surface area contributed by atoms with Gasteiger partial charge in [0.15, 0.2) is 0 Å². The van der Waals surface area contributed by atoms with Crippen LogP contribution in [0.5, 0.6) is 0 Å². The Bertz CT molecular complexity index is 450. The highest BCUT2D eigenvalue weighted by Crippen LogP contribution is 2.11. The monoisotopic (exact) mass is 262 g/mol. The molecule has 0 unspecified atom stereocenters. The Morgan fingerprint density at radius 2 is 2.00 bits per heavy atom. The molecular weight excluding hydrogens is 244 g/mol. The Morgan fingerprint density at radius 1 is 1.26 bits per heavy atom. The topological polar surface area (TPSA) is 67.4 Å². The molecule has 1 heterocycles. The van der Waals surface area contributed by atoms with E-state index in [9.17, 15) is 9.59 Å². The van der Waals surface area contributed by atoms with Crippen LogP contribution in [0.25, 0.3) is 0 Å². The van der Waals surface area contributed by atoms with Crippen LogP contribution in [0.15, 0.2) is 24.3 Å². The van der Waals surface area contributed by atoms with Crippen molar-refractivity contribution in [2.75, 3.05) is 18.5 Å². The molecule has 102 valence electrons. The van der Waals surface area contributed by atoms with Crippen molar-refractivity contribution in [1.82, 2.24) is 5.32 Å². The average molecular weight is 262 g/mol. The summed E-state index contributed by atoms with van der Waals surface area (Å²) in [5.41, 5.74) is 1.71. The standard InChI is InChI=1S/C14H18N2O3/c1-10-4-6-11(7-5-10)16-14(18)13(17)15-9-12-3-2-8-19-12/h4-7,12H,2-3,8-9H2,1H3,(H,15,17)(H,16,18)/t12-/m1/s1. The van der Waals surface area contributed by atoms with Gasteiger partial charge in [0.25, 0.3) is 0 Å². The third-order valence-electron chi connectivity index (χ3n) is 3.03. The minimum atomic E-state index is -0.651. The lowest BCUT2D eigenvalue weighted by molar-refractivity contribution is -0.136. The molecule has 1 aromatic rings. The molecule has 0 aliphatic carbocycles. The molecule has 2 rings (SSSR count). The van der Waals surface area contributed by atoms with E-state index < -0.39 is 11.8 Å². The second kappa shape index (κ2) is 6.33. The zero-order valence-electron chi connectivity index (χ0n) is 10.9. The summed E-state index contributed by atoms with van der Waals surface area (Å²) < 4.78 is 5.37. The summed E-state index contributed by atoms with van der Waals surface area (Å²) in [5, 5.41) is 5.13. The number of ether oxygens (including phenoxy) is 1. The van der Waals surface area contributed by atoms with Gasteiger partial charge in [-0.05, 0) is 31.9 Å². The van der Waals surface area contributed by atoms with Gasteiger partial charge in [0.05, 0.1) is 6.10 Å². The van der Waals surface area contributed by atoms with E-state index in [1.54, 1.807) is 12.1 Å². The number of carbonyl (C=O) groups is 2. The number of hydrogen-bond acceptors (Lipinski definition) is 3. The summed E-state index contributed by atoms with van der Waals surface area (Å²) in [6.45, 7) is 3.08. The number of benzene rings is 1. The van der Waals surface area contributed by atoms with Gasteiger partial charge in [-0.1, -0.05) is 17.7 Å². The maximum atomic E-state index is 11.6. The Labute approximate surface area is 112 Å². The predicted octanol–water partition coefficient (Wildman–Crippen LogP) is 1.23. The second-order valence-corrected chi connectivity index (χ2v) is 4.67. The molecule has 1 fully saturated rings. The van der Waals surface area contributed by atoms with Crippen LogP contribution in [0.4, 0.5) is 5.69 Å². The van der Waals surface area contributed by atoms with Gasteiger partial charge in [-0.25, -0.2) is 0 Å². The van der Waals surface area contributed by atoms with Gasteiger partial charge in [0.2, 0.25) is 0 Å². The molecule has 0 spiro atoms. The number of anilines is 1. The van der Waals surface area contributed by atoms with E-state index in [4.69, 9.17) is 4.74 Å². The number of carbonyl (C=O) groups excluding carboxylic acids is 2. The maximum absolute atomic E-state index is 11.6. The normalized spacial score (nSPS) is 18.1. The number of nitrogens with one attached hydrogen (secondary N) is 2. The summed E-state index contributed by atoms with van der Waals surface area (Å²) in [7, 11) is 0. The third-order valence-corrected chi connectivity index (χ3v) is 3.03. The van der Waals surface area contributed by atoms with Gasteiger partial charge in [0, 0.05) is 18.8 Å². The quantitative estimate of drug-likeness (QED) is 0.805. The molecule has 1 aliphatic heterocycles. The molecule has 0 radical (unpaired) electrons. The van der Waals surface area contributed by atoms with E-state index in [-0.39, 0.29) is 6.10 Å². The Hall–Kier alpha value is -1.88. The van der Waals surface area contributed by atoms with Crippen LogP contribution in [0, 0.1) is 6.92 Å². The third kappa shape index (κ3) is 4.06. The van der Waals surface area contributed by atoms with Crippen LogP contribution in [0.1, 0.15) is 18.4 Å². The van der Waals surface area contributed by atoms with Crippen molar-refractivity contribution in [3.8, 4) is 0 Å². The lowest BCUT2D eigenvalue weighted by Gasteiger charge is -2.10. The molecule has 1 aromatic carbocycles. The molecule has 0 aromatic heterocycles. The molecular formula is C14H18N2O3. The van der Waals surface area contributed by atoms with E-state index in [1.165, 1.54) is 0 Å². The van der Waals surface area contributed by atoms with Gasteiger partial charge in [0.1, 0.15) is 0 Å². The van der Waals surface area contributed by atoms with E-state index >= 15 is 0 Å². The van der Waals surface area contributed by atoms with E-state index in [0.717, 1.165) is 25.0 Å². The van der Waals surface area contributed by atoms with E-state index in [1.807, 2.05) is 19.1 Å². The first-order valence-electron chi connectivity index (χ1n) is 6.42. The number of aryl methyl sites for hydroxylation is 1. The fourth-order valence-corrected chi connectivity index (χ4v) is 1.92. The van der Waals surface area contributed by atoms with Crippen LogP contribution < -0.4 is 10.6 Å². The molecule has 0 saturated carbocycles. The van der Waals surface area contributed by atoms with Crippen molar-refractivity contribution in [2.24, 2.45) is 0 Å². The second-order valence-electron chi connectivity index (χ2n) is 4.67. The van der Waals surface area contributed by atoms with E-state index in [0.29, 0.717) is 12.2 Å². The first-order valence-corrected chi connectivity index (χ1v) is 6.42. The van der Waals surface area contributed by atoms with Crippen molar-refractivity contribution in [3.63, 3.8) is 0 Å². The molecule has 0 bridgehead atoms. The highest BCUT2D eigenvalue weighted by Gasteiger charge is 2.19. The lowest BCUT2D eigenvalue weighted by atomic mass is 10.2. The maximum Gasteiger partial charge on any atom is 0.313 e. The van der Waals surface area contributed by atoms with Crippen molar-refractivity contribution < 1.29 is 14.3 Å². The molecule has 1 atom stereocenters. The highest BCUT2D eigenvalue weighted by molar-refractivity contribution is 6.39. The van der Waals surface area contributed by atoms with Crippen molar-refractivity contribution in [2.45, 2.75) is 25.9 Å². The van der Waals surface area contributed by atoms with Crippen LogP contribution >= 0.6 is 0 Å². The fourth-order valence-electron chi connectivity index (χ4n) is 1.92. The molecule has 1 aliphatic rings. The van der Waals surface area contributed by atoms with Crippen LogP contribution in [-0.4, -0.2) is 31.1 Å². The van der Waals surface area contributed by atoms with Crippen molar-refractivity contribution in [1.29, 1.82) is 0 Å². The van der Waals surface area contributed by atoms with Gasteiger partial charge in [-0.3, -0.25) is 9.59 Å². The van der Waals surface area contributed by atoms with E-state index in [2.05, 4.69) is 10.6 Å². The summed E-state index contributed by atoms with van der Waals surface area (Å²) >= 11 is 0. The van der Waals surface area contributed by atoms with Gasteiger partial charge < -0.3 is 15.4 Å². The first kappa shape index (κ1) is 13.5. The minimum absolute atomic E-state index is 0.0381. The summed E-state index contributed by atoms with van der Waals surface area (Å²) in [5.74, 6) is -1.28. The SMILES string of the molecule is Cc1ccc(NC(=O)C(=O)NC[C@H]2CCCO2)cc1. The molecule has 2 N–H and O–H groups in total. The van der Waals surface area contributed by atoms with Gasteiger partial charge >= 0.3 is 11.8 Å². The van der Waals surface area contributed by atoms with Crippen LogP contribution in [0.2, 0.25) is 0 Å². The highest BCUT2D eigenvalue weighted by atomic mass is 16.5. The predicted molar refractivity (Wildman–Crippen MR) is 71.8 cm³/mol. The van der Waals surface area contributed by atoms with Crippen LogP contribution in [-0.2, 0) is 14.3 Å². The zero-order chi connectivity index (χ0) is 13.7. The lowest BCUT2D eigenvalue weighted by Crippen LogP contribution is -2.39. The smallest absolute Gasteiger partial charge is 0.313 e. The number of rotatable bonds is 3. The van der Waals surface area contributed by atoms with Gasteiger partial charge in [-0.2, -0.15) is 0 Å². The van der Waals surface area contributed by atoms with Gasteiger partial charge in [-0.15, -0.1) is 0 Å². The number of amides is 2. The Morgan fingerprint density at radius 3 is 2.63 bits per heavy atom. The molecule has 5 nitrogen and oxygen atoms in total. The summed E-state index contributed by atoms with van der Waals surface area (Å²) in [4.78, 5) is 23.2. The molecule has 1 saturated heterocycles. The zero-order valence-corrected chi connectivity index (χ0v) is 10.9. The first-order chi connectivity index (χ1) is 9.15. The molecule has 2 amide bonds. The average Bonchev–Trinajstić information content (AvgIpc) is 2.91. The Balaban J connectivity index is 1.78. The summed E-state index contributed by atoms with van der Waals surface area (Å²) in [6.07, 6.45) is 1.98. The largest absolute Gasteiger partial charge is 0.376 e. The minimum Gasteiger partial charge on any atom is -0.376 e. The fraction of sp³-hybridized carbons (Fsp3) is 0.429. The van der Waals surface area contributed by atoms with Crippen molar-refractivity contribution >= 4 is 17.5 Å². The molecule has 5 heteroatoms. The van der Waals surface area contributed by atoms with Crippen molar-refractivity contribution in [3.05, 3.63) is 29.8 Å². The molecule has 19 heavy (non-hydrogen) atoms. The number of hydrogen-bond donors (Lipinski definition) is 2. The van der Waals surface area contributed by atoms with Crippen LogP contribution in [0.3, 0.4) is 0 Å².